The van der Waals surface area contributed by atoms with Crippen LogP contribution >= 0.6 is 15.9 Å². The highest BCUT2D eigenvalue weighted by molar-refractivity contribution is 9.10. The number of methoxy groups -OCH3 is 1. The minimum absolute atomic E-state index is 0.00166. The third-order valence-corrected chi connectivity index (χ3v) is 7.54. The van der Waals surface area contributed by atoms with Gasteiger partial charge in [0, 0.05) is 0 Å². The highest BCUT2D eigenvalue weighted by Crippen LogP contribution is 2.38. The van der Waals surface area contributed by atoms with Gasteiger partial charge in [-0.2, -0.15) is 21.9 Å². The summed E-state index contributed by atoms with van der Waals surface area (Å²) in [4.78, 5) is 2.21. The molecule has 8 nitrogen and oxygen atoms in total. The van der Waals surface area contributed by atoms with E-state index in [9.17, 15) is 16.8 Å². The molecule has 0 aliphatic heterocycles. The molecule has 0 radical (unpaired) electrons. The molecule has 3 rings (SSSR count). The van der Waals surface area contributed by atoms with Crippen LogP contribution in [0.5, 0.6) is 11.5 Å². The van der Waals surface area contributed by atoms with E-state index in [-0.39, 0.29) is 25.8 Å². The highest BCUT2D eigenvalue weighted by atomic mass is 79.9. The van der Waals surface area contributed by atoms with Crippen molar-refractivity contribution in [2.75, 3.05) is 7.11 Å². The average molecular weight is 553 g/mol. The predicted molar refractivity (Wildman–Crippen MR) is 129 cm³/mol. The Kier molecular flexibility index (Phi) is 7.45. The van der Waals surface area contributed by atoms with E-state index in [0.29, 0.717) is 5.56 Å². The largest absolute Gasteiger partial charge is 0.493 e. The Balaban J connectivity index is 1.82. The molecule has 0 heterocycles. The van der Waals surface area contributed by atoms with E-state index < -0.39 is 20.1 Å². The van der Waals surface area contributed by atoms with E-state index in [1.165, 1.54) is 49.7 Å². The number of hydrogen-bond donors (Lipinski definition) is 1. The number of halogens is 1. The van der Waals surface area contributed by atoms with Gasteiger partial charge in [-0.1, -0.05) is 35.4 Å². The standard InChI is InChI=1S/C22H21BrN2O6S2/c1-15-4-8-18(9-5-15)32(26,27)25-24-14-17-12-20(23)22(21(13-17)30-3)31-33(28,29)19-10-6-16(2)7-11-19/h4-14,25H,1-3H3/b24-14-. The van der Waals surface area contributed by atoms with Gasteiger partial charge in [0.05, 0.1) is 22.7 Å². The number of hydrogen-bond acceptors (Lipinski definition) is 7. The summed E-state index contributed by atoms with van der Waals surface area (Å²) >= 11 is 3.28. The number of ether oxygens (including phenoxy) is 1. The topological polar surface area (TPSA) is 111 Å². The van der Waals surface area contributed by atoms with Crippen molar-refractivity contribution >= 4 is 42.3 Å². The summed E-state index contributed by atoms with van der Waals surface area (Å²) in [6.45, 7) is 3.70. The minimum atomic E-state index is -4.10. The van der Waals surface area contributed by atoms with Crippen molar-refractivity contribution in [3.05, 3.63) is 81.8 Å². The van der Waals surface area contributed by atoms with Crippen LogP contribution in [0.15, 0.2) is 80.0 Å². The lowest BCUT2D eigenvalue weighted by Crippen LogP contribution is -2.18. The summed E-state index contributed by atoms with van der Waals surface area (Å²) in [7, 11) is -6.58. The molecule has 0 saturated heterocycles. The molecule has 0 aliphatic carbocycles. The van der Waals surface area contributed by atoms with Crippen molar-refractivity contribution in [3.63, 3.8) is 0 Å². The number of sulfonamides is 1. The zero-order valence-corrected chi connectivity index (χ0v) is 21.2. The van der Waals surface area contributed by atoms with Gasteiger partial charge in [-0.25, -0.2) is 4.83 Å². The van der Waals surface area contributed by atoms with E-state index >= 15 is 0 Å². The van der Waals surface area contributed by atoms with E-state index in [4.69, 9.17) is 8.92 Å². The molecule has 1 N–H and O–H groups in total. The van der Waals surface area contributed by atoms with Gasteiger partial charge in [-0.15, -0.1) is 0 Å². The molecule has 0 unspecified atom stereocenters. The fourth-order valence-electron chi connectivity index (χ4n) is 2.70. The zero-order valence-electron chi connectivity index (χ0n) is 17.9. The van der Waals surface area contributed by atoms with E-state index in [1.807, 2.05) is 13.8 Å². The van der Waals surface area contributed by atoms with Gasteiger partial charge in [-0.3, -0.25) is 0 Å². The van der Waals surface area contributed by atoms with E-state index in [0.717, 1.165) is 11.1 Å². The number of hydrazone groups is 1. The number of aryl methyl sites for hydroxylation is 2. The Morgan fingerprint density at radius 1 is 0.879 bits per heavy atom. The van der Waals surface area contributed by atoms with Crippen LogP contribution in [0.3, 0.4) is 0 Å². The van der Waals surface area contributed by atoms with Crippen LogP contribution in [-0.4, -0.2) is 30.2 Å². The van der Waals surface area contributed by atoms with Crippen LogP contribution in [0.2, 0.25) is 0 Å². The molecule has 3 aromatic rings. The van der Waals surface area contributed by atoms with Crippen molar-refractivity contribution in [2.24, 2.45) is 5.10 Å². The fourth-order valence-corrected chi connectivity index (χ4v) is 5.09. The summed E-state index contributed by atoms with van der Waals surface area (Å²) in [5.74, 6) is 0.0679. The number of nitrogens with one attached hydrogen (secondary N) is 1. The molecule has 0 aliphatic rings. The van der Waals surface area contributed by atoms with Crippen LogP contribution < -0.4 is 13.8 Å². The molecule has 0 amide bonds. The second-order valence-electron chi connectivity index (χ2n) is 7.05. The van der Waals surface area contributed by atoms with Crippen LogP contribution in [0, 0.1) is 13.8 Å². The molecule has 3 aromatic carbocycles. The zero-order chi connectivity index (χ0) is 24.2. The Morgan fingerprint density at radius 3 is 1.97 bits per heavy atom. The van der Waals surface area contributed by atoms with Crippen molar-refractivity contribution < 1.29 is 25.8 Å². The number of rotatable bonds is 8. The molecule has 0 aromatic heterocycles. The molecule has 0 saturated carbocycles. The molecule has 174 valence electrons. The minimum Gasteiger partial charge on any atom is -0.493 e. The lowest BCUT2D eigenvalue weighted by Gasteiger charge is -2.13. The molecule has 11 heteroatoms. The Labute approximate surface area is 201 Å². The van der Waals surface area contributed by atoms with Gasteiger partial charge in [0.1, 0.15) is 4.90 Å². The smallest absolute Gasteiger partial charge is 0.339 e. The maximum absolute atomic E-state index is 12.7. The third kappa shape index (κ3) is 6.12. The lowest BCUT2D eigenvalue weighted by atomic mass is 10.2. The van der Waals surface area contributed by atoms with Gasteiger partial charge in [0.2, 0.25) is 0 Å². The number of benzene rings is 3. The molecular formula is C22H21BrN2O6S2. The van der Waals surface area contributed by atoms with Gasteiger partial charge < -0.3 is 8.92 Å². The Hall–Kier alpha value is -2.89. The van der Waals surface area contributed by atoms with Crippen LogP contribution in [-0.2, 0) is 20.1 Å². The fraction of sp³-hybridized carbons (Fsp3) is 0.136. The summed E-state index contributed by atoms with van der Waals surface area (Å²) < 4.78 is 60.9. The van der Waals surface area contributed by atoms with Gasteiger partial charge >= 0.3 is 10.1 Å². The first-order chi connectivity index (χ1) is 15.5. The monoisotopic (exact) mass is 552 g/mol. The molecule has 33 heavy (non-hydrogen) atoms. The van der Waals surface area contributed by atoms with Crippen molar-refractivity contribution in [3.8, 4) is 11.5 Å². The second-order valence-corrected chi connectivity index (χ2v) is 11.1. The van der Waals surface area contributed by atoms with E-state index in [1.54, 1.807) is 24.3 Å². The molecule has 0 bridgehead atoms. The third-order valence-electron chi connectivity index (χ3n) is 4.47. The summed E-state index contributed by atoms with van der Waals surface area (Å²) in [6, 6.07) is 15.5. The quantitative estimate of drug-likeness (QED) is 0.255. The van der Waals surface area contributed by atoms with E-state index in [2.05, 4.69) is 25.9 Å². The molecule has 0 fully saturated rings. The Morgan fingerprint density at radius 2 is 1.42 bits per heavy atom. The van der Waals surface area contributed by atoms with Crippen LogP contribution in [0.1, 0.15) is 16.7 Å². The summed E-state index contributed by atoms with van der Waals surface area (Å²) in [5.41, 5.74) is 2.28. The van der Waals surface area contributed by atoms with Crippen LogP contribution in [0.4, 0.5) is 0 Å². The molecule has 0 atom stereocenters. The first-order valence-corrected chi connectivity index (χ1v) is 13.2. The average Bonchev–Trinajstić information content (AvgIpc) is 2.76. The molecule has 0 spiro atoms. The van der Waals surface area contributed by atoms with Gasteiger partial charge in [-0.05, 0) is 71.7 Å². The number of nitrogens with zero attached hydrogens (tertiary/aromatic N) is 1. The van der Waals surface area contributed by atoms with Gasteiger partial charge in [0.15, 0.2) is 11.5 Å². The van der Waals surface area contributed by atoms with Crippen molar-refractivity contribution in [2.45, 2.75) is 23.6 Å². The first kappa shape index (κ1) is 24.7. The maximum Gasteiger partial charge on any atom is 0.339 e. The molecular weight excluding hydrogens is 532 g/mol. The normalized spacial score (nSPS) is 12.0. The highest BCUT2D eigenvalue weighted by Gasteiger charge is 2.22. The summed E-state index contributed by atoms with van der Waals surface area (Å²) in [6.07, 6.45) is 1.26. The van der Waals surface area contributed by atoms with Crippen molar-refractivity contribution in [1.82, 2.24) is 4.83 Å². The first-order valence-electron chi connectivity index (χ1n) is 9.52. The SMILES string of the molecule is COc1cc(/C=N\NS(=O)(=O)c2ccc(C)cc2)cc(Br)c1OS(=O)(=O)c1ccc(C)cc1. The Bertz CT molecular complexity index is 1390. The van der Waals surface area contributed by atoms with Crippen LogP contribution in [0.25, 0.3) is 0 Å². The van der Waals surface area contributed by atoms with Gasteiger partial charge in [0.25, 0.3) is 10.0 Å². The second kappa shape index (κ2) is 9.94. The maximum atomic E-state index is 12.7. The van der Waals surface area contributed by atoms with Crippen molar-refractivity contribution in [1.29, 1.82) is 0 Å². The summed E-state index contributed by atoms with van der Waals surface area (Å²) in [5, 5.41) is 3.79. The lowest BCUT2D eigenvalue weighted by molar-refractivity contribution is 0.389. The predicted octanol–water partition coefficient (Wildman–Crippen LogP) is 4.15.